The molecule has 1 aliphatic heterocycles. The number of halogens is 1. The number of nitrogens with zero attached hydrogens (tertiary/aromatic N) is 2. The van der Waals surface area contributed by atoms with Gasteiger partial charge in [-0.3, -0.25) is 9.69 Å². The number of terminal acetylenes is 1. The summed E-state index contributed by atoms with van der Waals surface area (Å²) < 4.78 is 13.1. The Bertz CT molecular complexity index is 782. The maximum absolute atomic E-state index is 13.1. The summed E-state index contributed by atoms with van der Waals surface area (Å²) in [6, 6.07) is 16.6. The van der Waals surface area contributed by atoms with E-state index < -0.39 is 0 Å². The zero-order valence-electron chi connectivity index (χ0n) is 15.5. The monoisotopic (exact) mass is 364 g/mol. The molecule has 27 heavy (non-hydrogen) atoms. The lowest BCUT2D eigenvalue weighted by atomic mass is 9.95. The van der Waals surface area contributed by atoms with Gasteiger partial charge in [-0.2, -0.15) is 0 Å². The third-order valence-electron chi connectivity index (χ3n) is 4.98. The molecule has 4 heteroatoms. The molecule has 0 saturated carbocycles. The van der Waals surface area contributed by atoms with Crippen molar-refractivity contribution in [3.05, 3.63) is 71.5 Å². The number of carbonyl (C=O) groups excluding carboxylic acids is 1. The average molecular weight is 364 g/mol. The summed E-state index contributed by atoms with van der Waals surface area (Å²) in [4.78, 5) is 17.1. The van der Waals surface area contributed by atoms with Crippen LogP contribution in [0.3, 0.4) is 0 Å². The van der Waals surface area contributed by atoms with E-state index in [2.05, 4.69) is 23.0 Å². The van der Waals surface area contributed by atoms with Crippen molar-refractivity contribution in [2.45, 2.75) is 25.9 Å². The molecule has 140 valence electrons. The lowest BCUT2D eigenvalue weighted by Gasteiger charge is -2.34. The minimum atomic E-state index is -0.280. The molecule has 1 amide bonds. The van der Waals surface area contributed by atoms with Gasteiger partial charge in [0, 0.05) is 19.6 Å². The topological polar surface area (TPSA) is 23.6 Å². The number of likely N-dealkylation sites (tertiary alicyclic amines) is 1. The van der Waals surface area contributed by atoms with Crippen LogP contribution in [0.25, 0.3) is 0 Å². The Morgan fingerprint density at radius 1 is 1.15 bits per heavy atom. The Morgan fingerprint density at radius 2 is 1.89 bits per heavy atom. The van der Waals surface area contributed by atoms with E-state index in [4.69, 9.17) is 6.42 Å². The van der Waals surface area contributed by atoms with Gasteiger partial charge in [-0.1, -0.05) is 48.4 Å². The molecule has 0 bridgehead atoms. The van der Waals surface area contributed by atoms with E-state index in [0.29, 0.717) is 6.54 Å². The summed E-state index contributed by atoms with van der Waals surface area (Å²) in [6.45, 7) is 3.30. The van der Waals surface area contributed by atoms with Crippen molar-refractivity contribution in [2.75, 3.05) is 19.6 Å². The van der Waals surface area contributed by atoms with Crippen LogP contribution in [0, 0.1) is 24.1 Å². The van der Waals surface area contributed by atoms with Crippen molar-refractivity contribution in [3.8, 4) is 12.3 Å². The number of amides is 1. The molecule has 0 aliphatic carbocycles. The summed E-state index contributed by atoms with van der Waals surface area (Å²) >= 11 is 0. The van der Waals surface area contributed by atoms with Crippen LogP contribution in [0.15, 0.2) is 54.6 Å². The van der Waals surface area contributed by atoms with E-state index >= 15 is 0 Å². The summed E-state index contributed by atoms with van der Waals surface area (Å²) in [5, 5.41) is 0. The molecule has 2 aromatic carbocycles. The van der Waals surface area contributed by atoms with Crippen LogP contribution in [0.4, 0.5) is 4.39 Å². The quantitative estimate of drug-likeness (QED) is 0.730. The molecule has 0 radical (unpaired) electrons. The predicted molar refractivity (Wildman–Crippen MR) is 105 cm³/mol. The fraction of sp³-hybridized carbons (Fsp3) is 0.348. The van der Waals surface area contributed by atoms with E-state index in [1.807, 2.05) is 18.2 Å². The first-order valence-electron chi connectivity index (χ1n) is 9.38. The Morgan fingerprint density at radius 3 is 2.59 bits per heavy atom. The van der Waals surface area contributed by atoms with E-state index in [1.54, 1.807) is 17.0 Å². The van der Waals surface area contributed by atoms with Crippen LogP contribution < -0.4 is 0 Å². The third kappa shape index (κ3) is 5.42. The lowest BCUT2D eigenvalue weighted by Crippen LogP contribution is -2.44. The molecule has 3 nitrogen and oxygen atoms in total. The van der Waals surface area contributed by atoms with Gasteiger partial charge in [0.05, 0.1) is 12.5 Å². The molecular formula is C23H25FN2O. The molecule has 1 aliphatic rings. The summed E-state index contributed by atoms with van der Waals surface area (Å²) in [7, 11) is 0. The van der Waals surface area contributed by atoms with Crippen LogP contribution >= 0.6 is 0 Å². The Kier molecular flexibility index (Phi) is 6.62. The first-order valence-corrected chi connectivity index (χ1v) is 9.38. The van der Waals surface area contributed by atoms with Crippen LogP contribution in [-0.4, -0.2) is 35.3 Å². The average Bonchev–Trinajstić information content (AvgIpc) is 2.70. The number of rotatable bonds is 6. The van der Waals surface area contributed by atoms with Gasteiger partial charge in [0.2, 0.25) is 5.91 Å². The van der Waals surface area contributed by atoms with Gasteiger partial charge in [0.15, 0.2) is 0 Å². The molecule has 0 aromatic heterocycles. The molecule has 1 fully saturated rings. The number of carbonyl (C=O) groups is 1. The molecule has 3 rings (SSSR count). The largest absolute Gasteiger partial charge is 0.327 e. The maximum atomic E-state index is 13.1. The molecule has 0 spiro atoms. The van der Waals surface area contributed by atoms with Crippen molar-refractivity contribution in [2.24, 2.45) is 5.92 Å². The normalized spacial score (nSPS) is 17.3. The number of hydrogen-bond donors (Lipinski definition) is 0. The van der Waals surface area contributed by atoms with E-state index in [1.165, 1.54) is 17.7 Å². The van der Waals surface area contributed by atoms with Crippen molar-refractivity contribution >= 4 is 5.91 Å². The zero-order chi connectivity index (χ0) is 19.1. The van der Waals surface area contributed by atoms with Gasteiger partial charge in [-0.15, -0.1) is 6.42 Å². The minimum absolute atomic E-state index is 0.0451. The second-order valence-electron chi connectivity index (χ2n) is 7.08. The fourth-order valence-electron chi connectivity index (χ4n) is 3.63. The van der Waals surface area contributed by atoms with Crippen molar-refractivity contribution < 1.29 is 9.18 Å². The molecule has 0 N–H and O–H groups in total. The number of piperidine rings is 1. The number of hydrogen-bond acceptors (Lipinski definition) is 2. The second-order valence-corrected chi connectivity index (χ2v) is 7.08. The van der Waals surface area contributed by atoms with Crippen LogP contribution in [0.1, 0.15) is 24.0 Å². The summed E-state index contributed by atoms with van der Waals surface area (Å²) in [5.74, 6) is 2.36. The van der Waals surface area contributed by atoms with Crippen molar-refractivity contribution in [3.63, 3.8) is 0 Å². The maximum Gasteiger partial charge on any atom is 0.228 e. The second kappa shape index (κ2) is 9.34. The SMILES string of the molecule is C#CCN(Cc1ccc(F)cc1)C(=O)C1CCCN(Cc2ccccc2)C1. The van der Waals surface area contributed by atoms with Crippen molar-refractivity contribution in [1.82, 2.24) is 9.80 Å². The molecule has 1 saturated heterocycles. The highest BCUT2D eigenvalue weighted by molar-refractivity contribution is 5.79. The van der Waals surface area contributed by atoms with Crippen molar-refractivity contribution in [1.29, 1.82) is 0 Å². The highest BCUT2D eigenvalue weighted by Crippen LogP contribution is 2.21. The van der Waals surface area contributed by atoms with Gasteiger partial charge < -0.3 is 4.90 Å². The first kappa shape index (κ1) is 19.1. The standard InChI is InChI=1S/C23H25FN2O/c1-2-14-26(17-20-10-12-22(24)13-11-20)23(27)21-9-6-15-25(18-21)16-19-7-4-3-5-8-19/h1,3-5,7-8,10-13,21H,6,9,14-18H2. The highest BCUT2D eigenvalue weighted by atomic mass is 19.1. The van der Waals surface area contributed by atoms with E-state index in [-0.39, 0.29) is 24.2 Å². The lowest BCUT2D eigenvalue weighted by molar-refractivity contribution is -0.137. The molecule has 1 heterocycles. The zero-order valence-corrected chi connectivity index (χ0v) is 15.5. The molecule has 2 aromatic rings. The van der Waals surface area contributed by atoms with Gasteiger partial charge in [0.1, 0.15) is 5.82 Å². The molecule has 1 unspecified atom stereocenters. The van der Waals surface area contributed by atoms with Gasteiger partial charge in [0.25, 0.3) is 0 Å². The minimum Gasteiger partial charge on any atom is -0.327 e. The molecule has 1 atom stereocenters. The fourth-order valence-corrected chi connectivity index (χ4v) is 3.63. The highest BCUT2D eigenvalue weighted by Gasteiger charge is 2.29. The number of benzene rings is 2. The summed E-state index contributed by atoms with van der Waals surface area (Å²) in [5.41, 5.74) is 2.15. The Labute approximate surface area is 160 Å². The smallest absolute Gasteiger partial charge is 0.228 e. The third-order valence-corrected chi connectivity index (χ3v) is 4.98. The summed E-state index contributed by atoms with van der Waals surface area (Å²) in [6.07, 6.45) is 7.38. The van der Waals surface area contributed by atoms with Crippen LogP contribution in [-0.2, 0) is 17.9 Å². The Balaban J connectivity index is 1.64. The van der Waals surface area contributed by atoms with Crippen LogP contribution in [0.2, 0.25) is 0 Å². The van der Waals surface area contributed by atoms with E-state index in [0.717, 1.165) is 38.0 Å². The Hall–Kier alpha value is -2.64. The van der Waals surface area contributed by atoms with E-state index in [9.17, 15) is 9.18 Å². The molecular weight excluding hydrogens is 339 g/mol. The predicted octanol–water partition coefficient (Wildman–Crippen LogP) is 3.70. The van der Waals surface area contributed by atoms with Crippen LogP contribution in [0.5, 0.6) is 0 Å². The first-order chi connectivity index (χ1) is 13.2. The van der Waals surface area contributed by atoms with Gasteiger partial charge in [-0.05, 0) is 42.6 Å². The van der Waals surface area contributed by atoms with Gasteiger partial charge >= 0.3 is 0 Å². The van der Waals surface area contributed by atoms with Gasteiger partial charge in [-0.25, -0.2) is 4.39 Å².